The fourth-order valence-electron chi connectivity index (χ4n) is 4.11. The summed E-state index contributed by atoms with van der Waals surface area (Å²) >= 11 is 0. The number of nitrogens with zero attached hydrogens (tertiary/aromatic N) is 4. The first-order valence-electron chi connectivity index (χ1n) is 9.45. The molecule has 2 aromatic heterocycles. The average Bonchev–Trinajstić information content (AvgIpc) is 3.26. The van der Waals surface area contributed by atoms with E-state index in [1.165, 1.54) is 11.1 Å². The van der Waals surface area contributed by atoms with Crippen molar-refractivity contribution in [2.45, 2.75) is 32.4 Å². The zero-order valence-electron chi connectivity index (χ0n) is 16.0. The molecule has 0 bridgehead atoms. The fourth-order valence-corrected chi connectivity index (χ4v) is 4.11. The van der Waals surface area contributed by atoms with Crippen LogP contribution in [0.5, 0.6) is 0 Å². The number of fused-ring (bicyclic) bond motifs is 1. The van der Waals surface area contributed by atoms with Gasteiger partial charge in [0, 0.05) is 43.2 Å². The molecule has 0 radical (unpaired) electrons. The van der Waals surface area contributed by atoms with Gasteiger partial charge in [-0.2, -0.15) is 5.10 Å². The van der Waals surface area contributed by atoms with Crippen molar-refractivity contribution in [3.63, 3.8) is 0 Å². The molecule has 6 heteroatoms. The molecule has 1 saturated heterocycles. The highest BCUT2D eigenvalue weighted by Crippen LogP contribution is 2.33. The Morgan fingerprint density at radius 3 is 2.63 bits per heavy atom. The molecule has 0 aliphatic carbocycles. The van der Waals surface area contributed by atoms with E-state index in [1.807, 2.05) is 17.1 Å². The number of rotatable bonds is 5. The summed E-state index contributed by atoms with van der Waals surface area (Å²) in [5, 5.41) is 5.58. The van der Waals surface area contributed by atoms with Gasteiger partial charge < -0.3 is 5.73 Å². The van der Waals surface area contributed by atoms with E-state index < -0.39 is 0 Å². The Labute approximate surface area is 167 Å². The molecule has 27 heavy (non-hydrogen) atoms. The highest BCUT2D eigenvalue weighted by atomic mass is 35.5. The third-order valence-electron chi connectivity index (χ3n) is 5.43. The zero-order chi connectivity index (χ0) is 18.1. The van der Waals surface area contributed by atoms with E-state index in [0.717, 1.165) is 37.2 Å². The largest absolute Gasteiger partial charge is 0.330 e. The molecule has 3 aromatic rings. The van der Waals surface area contributed by atoms with Gasteiger partial charge in [-0.25, -0.2) is 9.67 Å². The molecule has 2 N–H and O–H groups in total. The summed E-state index contributed by atoms with van der Waals surface area (Å²) < 4.78 is 1.98. The molecule has 3 heterocycles. The second-order valence-electron chi connectivity index (χ2n) is 7.65. The maximum atomic E-state index is 6.07. The monoisotopic (exact) mass is 385 g/mol. The van der Waals surface area contributed by atoms with Crippen LogP contribution in [0.1, 0.15) is 36.9 Å². The lowest BCUT2D eigenvalue weighted by molar-refractivity contribution is 0.316. The highest BCUT2D eigenvalue weighted by molar-refractivity contribution is 5.85. The number of likely N-dealkylation sites (tertiary alicyclic amines) is 1. The lowest BCUT2D eigenvalue weighted by Gasteiger charge is -2.17. The van der Waals surface area contributed by atoms with Crippen molar-refractivity contribution < 1.29 is 0 Å². The number of benzene rings is 1. The lowest BCUT2D eigenvalue weighted by Crippen LogP contribution is -2.23. The molecule has 0 unspecified atom stereocenters. The van der Waals surface area contributed by atoms with Gasteiger partial charge in [0.1, 0.15) is 0 Å². The minimum Gasteiger partial charge on any atom is -0.330 e. The third-order valence-corrected chi connectivity index (χ3v) is 5.43. The van der Waals surface area contributed by atoms with Crippen LogP contribution in [0, 0.1) is 5.92 Å². The second kappa shape index (κ2) is 8.38. The molecule has 144 valence electrons. The third kappa shape index (κ3) is 4.00. The smallest absolute Gasteiger partial charge is 0.157 e. The fraction of sp³-hybridized carbons (Fsp3) is 0.429. The van der Waals surface area contributed by atoms with Crippen LogP contribution in [-0.4, -0.2) is 39.3 Å². The van der Waals surface area contributed by atoms with Gasteiger partial charge in [0.05, 0.1) is 6.20 Å². The Hall–Kier alpha value is -1.95. The Morgan fingerprint density at radius 1 is 1.15 bits per heavy atom. The summed E-state index contributed by atoms with van der Waals surface area (Å²) in [4.78, 5) is 7.17. The van der Waals surface area contributed by atoms with Crippen LogP contribution < -0.4 is 5.73 Å². The van der Waals surface area contributed by atoms with Gasteiger partial charge in [0.25, 0.3) is 0 Å². The van der Waals surface area contributed by atoms with Crippen molar-refractivity contribution in [3.8, 4) is 0 Å². The van der Waals surface area contributed by atoms with Gasteiger partial charge in [0.15, 0.2) is 5.65 Å². The average molecular weight is 386 g/mol. The van der Waals surface area contributed by atoms with Crippen LogP contribution in [0.4, 0.5) is 0 Å². The maximum absolute atomic E-state index is 6.07. The van der Waals surface area contributed by atoms with Crippen LogP contribution >= 0.6 is 12.4 Å². The Balaban J connectivity index is 0.00000210. The van der Waals surface area contributed by atoms with Gasteiger partial charge in [-0.3, -0.25) is 4.90 Å². The number of hydrogen-bond donors (Lipinski definition) is 1. The summed E-state index contributed by atoms with van der Waals surface area (Å²) in [6.07, 6.45) is 3.92. The van der Waals surface area contributed by atoms with Crippen LogP contribution in [0.3, 0.4) is 0 Å². The lowest BCUT2D eigenvalue weighted by atomic mass is 9.89. The number of pyridine rings is 1. The number of halogens is 1. The maximum Gasteiger partial charge on any atom is 0.157 e. The Bertz CT molecular complexity index is 877. The summed E-state index contributed by atoms with van der Waals surface area (Å²) in [6, 6.07) is 13.3. The molecule has 5 nitrogen and oxygen atoms in total. The van der Waals surface area contributed by atoms with Crippen molar-refractivity contribution in [2.75, 3.05) is 19.6 Å². The van der Waals surface area contributed by atoms with Crippen LogP contribution in [-0.2, 0) is 6.54 Å². The van der Waals surface area contributed by atoms with Crippen molar-refractivity contribution in [1.29, 1.82) is 0 Å². The van der Waals surface area contributed by atoms with E-state index in [2.05, 4.69) is 65.2 Å². The van der Waals surface area contributed by atoms with E-state index in [9.17, 15) is 0 Å². The zero-order valence-corrected chi connectivity index (χ0v) is 16.8. The Morgan fingerprint density at radius 2 is 1.93 bits per heavy atom. The molecular formula is C21H28ClN5. The Kier molecular flexibility index (Phi) is 6.15. The van der Waals surface area contributed by atoms with Crippen molar-refractivity contribution >= 4 is 23.4 Å². The van der Waals surface area contributed by atoms with Crippen LogP contribution in [0.15, 0.2) is 48.8 Å². The van der Waals surface area contributed by atoms with E-state index >= 15 is 0 Å². The van der Waals surface area contributed by atoms with E-state index in [1.54, 1.807) is 0 Å². The predicted molar refractivity (Wildman–Crippen MR) is 112 cm³/mol. The normalized spacial score (nSPS) is 20.3. The first-order valence-corrected chi connectivity index (χ1v) is 9.45. The number of nitrogens with two attached hydrogens (primary N) is 1. The first-order chi connectivity index (χ1) is 12.7. The summed E-state index contributed by atoms with van der Waals surface area (Å²) in [5.74, 6) is 1.03. The van der Waals surface area contributed by atoms with Gasteiger partial charge in [0.2, 0.25) is 0 Å². The molecule has 0 amide bonds. The SMILES string of the molecule is CC(C)n1ncc2cc(CN3C[C@@H](CN)[C@H](c4ccccc4)C3)cnc21.Cl. The number of aromatic nitrogens is 3. The molecular weight excluding hydrogens is 358 g/mol. The molecule has 1 aliphatic rings. The van der Waals surface area contributed by atoms with Gasteiger partial charge >= 0.3 is 0 Å². The summed E-state index contributed by atoms with van der Waals surface area (Å²) in [5.41, 5.74) is 9.68. The van der Waals surface area contributed by atoms with Gasteiger partial charge in [-0.15, -0.1) is 12.4 Å². The van der Waals surface area contributed by atoms with Gasteiger partial charge in [-0.1, -0.05) is 30.3 Å². The molecule has 4 rings (SSSR count). The summed E-state index contributed by atoms with van der Waals surface area (Å²) in [6.45, 7) is 7.99. The van der Waals surface area contributed by atoms with Crippen molar-refractivity contribution in [2.24, 2.45) is 11.7 Å². The van der Waals surface area contributed by atoms with Gasteiger partial charge in [-0.05, 0) is 43.5 Å². The summed E-state index contributed by atoms with van der Waals surface area (Å²) in [7, 11) is 0. The topological polar surface area (TPSA) is 60.0 Å². The van der Waals surface area contributed by atoms with E-state index in [0.29, 0.717) is 17.9 Å². The highest BCUT2D eigenvalue weighted by Gasteiger charge is 2.32. The van der Waals surface area contributed by atoms with E-state index in [4.69, 9.17) is 5.73 Å². The van der Waals surface area contributed by atoms with Crippen molar-refractivity contribution in [1.82, 2.24) is 19.7 Å². The quantitative estimate of drug-likeness (QED) is 0.728. The molecule has 1 fully saturated rings. The first kappa shape index (κ1) is 19.8. The molecule has 0 saturated carbocycles. The van der Waals surface area contributed by atoms with Crippen LogP contribution in [0.2, 0.25) is 0 Å². The standard InChI is InChI=1S/C21H27N5.ClH/c1-15(2)26-21-18(11-24-26)8-16(10-23-21)12-25-13-19(9-22)20(14-25)17-6-4-3-5-7-17;/h3-8,10-11,15,19-20H,9,12-14,22H2,1-2H3;1H/t19-,20+;/m1./s1. The molecule has 1 aromatic carbocycles. The minimum absolute atomic E-state index is 0. The van der Waals surface area contributed by atoms with E-state index in [-0.39, 0.29) is 12.4 Å². The molecule has 0 spiro atoms. The van der Waals surface area contributed by atoms with Crippen LogP contribution in [0.25, 0.3) is 11.0 Å². The van der Waals surface area contributed by atoms with Crippen molar-refractivity contribution in [3.05, 3.63) is 59.9 Å². The number of hydrogen-bond acceptors (Lipinski definition) is 4. The predicted octanol–water partition coefficient (Wildman–Crippen LogP) is 3.61. The molecule has 1 aliphatic heterocycles. The molecule has 2 atom stereocenters. The second-order valence-corrected chi connectivity index (χ2v) is 7.65. The minimum atomic E-state index is 0.